The number of hydrogen-bond acceptors (Lipinski definition) is 3. The van der Waals surface area contributed by atoms with E-state index < -0.39 is 0 Å². The number of esters is 1. The highest BCUT2D eigenvalue weighted by Crippen LogP contribution is 2.12. The molecule has 0 atom stereocenters. The van der Waals surface area contributed by atoms with Crippen molar-refractivity contribution >= 4 is 11.8 Å². The summed E-state index contributed by atoms with van der Waals surface area (Å²) in [4.78, 5) is 14.4. The lowest BCUT2D eigenvalue weighted by atomic mass is 10.1. The Morgan fingerprint density at radius 2 is 1.68 bits per heavy atom. The number of likely N-dealkylation sites (N-methyl/N-ethyl adjacent to an activating group) is 1. The Morgan fingerprint density at radius 1 is 1.00 bits per heavy atom. The van der Waals surface area contributed by atoms with E-state index in [4.69, 9.17) is 4.74 Å². The fourth-order valence-electron chi connectivity index (χ4n) is 4.15. The van der Waals surface area contributed by atoms with Crippen molar-refractivity contribution in [2.75, 3.05) is 33.3 Å². The van der Waals surface area contributed by atoms with Crippen molar-refractivity contribution in [3.63, 3.8) is 0 Å². The lowest BCUT2D eigenvalue weighted by Crippen LogP contribution is -2.32. The topological polar surface area (TPSA) is 32.5 Å². The van der Waals surface area contributed by atoms with Crippen LogP contribution in [0.15, 0.2) is 24.8 Å². The van der Waals surface area contributed by atoms with Crippen molar-refractivity contribution in [3.05, 3.63) is 24.8 Å². The molecule has 0 aliphatic carbocycles. The number of carbonyl (C=O) groups excluding carboxylic acids is 1. The quantitative estimate of drug-likeness (QED) is 0.0950. The minimum atomic E-state index is -0.0334. The molecule has 1 aliphatic rings. The lowest BCUT2D eigenvalue weighted by molar-refractivity contribution is -0.487. The van der Waals surface area contributed by atoms with Gasteiger partial charge in [-0.15, -0.1) is 6.58 Å². The SMILES string of the molecule is C=CCCCCCCCC(=O)OCCN1CC[N+](C)=C1CCCCCCCC=CCC. The Bertz CT molecular complexity index is 539. The first kappa shape index (κ1) is 27.5. The van der Waals surface area contributed by atoms with Crippen LogP contribution >= 0.6 is 0 Å². The minimum absolute atomic E-state index is 0.0334. The first-order valence-corrected chi connectivity index (χ1v) is 12.9. The molecule has 0 spiro atoms. The summed E-state index contributed by atoms with van der Waals surface area (Å²) in [6.45, 7) is 9.42. The maximum Gasteiger partial charge on any atom is 0.305 e. The number of ether oxygens (including phenoxy) is 1. The van der Waals surface area contributed by atoms with Crippen LogP contribution in [0.2, 0.25) is 0 Å². The zero-order valence-electron chi connectivity index (χ0n) is 20.6. The van der Waals surface area contributed by atoms with Gasteiger partial charge in [-0.1, -0.05) is 63.7 Å². The Morgan fingerprint density at radius 3 is 2.42 bits per heavy atom. The van der Waals surface area contributed by atoms with Gasteiger partial charge in [-0.3, -0.25) is 14.3 Å². The summed E-state index contributed by atoms with van der Waals surface area (Å²) in [6, 6.07) is 0. The Labute approximate surface area is 192 Å². The van der Waals surface area contributed by atoms with Crippen molar-refractivity contribution in [1.82, 2.24) is 4.90 Å². The lowest BCUT2D eigenvalue weighted by Gasteiger charge is -2.13. The van der Waals surface area contributed by atoms with Crippen LogP contribution in [-0.4, -0.2) is 54.6 Å². The normalized spacial score (nSPS) is 14.1. The molecule has 0 aromatic carbocycles. The van der Waals surface area contributed by atoms with Crippen LogP contribution < -0.4 is 0 Å². The van der Waals surface area contributed by atoms with Crippen LogP contribution in [0.1, 0.15) is 103 Å². The van der Waals surface area contributed by atoms with Gasteiger partial charge < -0.3 is 4.74 Å². The molecular formula is C27H49N2O2+. The highest BCUT2D eigenvalue weighted by atomic mass is 16.5. The van der Waals surface area contributed by atoms with Gasteiger partial charge in [-0.25, -0.2) is 0 Å². The monoisotopic (exact) mass is 433 g/mol. The number of amidine groups is 1. The minimum Gasteiger partial charge on any atom is -0.462 e. The molecule has 0 saturated carbocycles. The number of nitrogens with zero attached hydrogens (tertiary/aromatic N) is 2. The van der Waals surface area contributed by atoms with Crippen LogP contribution in [0, 0.1) is 0 Å². The zero-order chi connectivity index (χ0) is 22.6. The van der Waals surface area contributed by atoms with E-state index in [9.17, 15) is 4.79 Å². The second kappa shape index (κ2) is 19.1. The highest BCUT2D eigenvalue weighted by molar-refractivity contribution is 5.78. The summed E-state index contributed by atoms with van der Waals surface area (Å²) in [5, 5.41) is 0. The molecule has 1 aliphatic heterocycles. The van der Waals surface area contributed by atoms with Crippen LogP contribution in [-0.2, 0) is 9.53 Å². The summed E-state index contributed by atoms with van der Waals surface area (Å²) >= 11 is 0. The Hall–Kier alpha value is -1.58. The maximum absolute atomic E-state index is 12.0. The number of allylic oxidation sites excluding steroid dienone is 3. The summed E-state index contributed by atoms with van der Waals surface area (Å²) in [7, 11) is 2.19. The average Bonchev–Trinajstić information content (AvgIpc) is 3.11. The van der Waals surface area contributed by atoms with E-state index in [1.165, 1.54) is 63.6 Å². The molecule has 0 unspecified atom stereocenters. The van der Waals surface area contributed by atoms with Gasteiger partial charge in [-0.2, -0.15) is 0 Å². The molecule has 0 radical (unpaired) electrons. The molecule has 31 heavy (non-hydrogen) atoms. The third kappa shape index (κ3) is 14.2. The van der Waals surface area contributed by atoms with Gasteiger partial charge >= 0.3 is 5.97 Å². The van der Waals surface area contributed by atoms with E-state index in [2.05, 4.69) is 42.2 Å². The van der Waals surface area contributed by atoms with Crippen molar-refractivity contribution in [2.24, 2.45) is 0 Å². The molecule has 4 nitrogen and oxygen atoms in total. The molecule has 0 aromatic heterocycles. The third-order valence-electron chi connectivity index (χ3n) is 6.10. The second-order valence-corrected chi connectivity index (χ2v) is 8.83. The first-order chi connectivity index (χ1) is 15.2. The summed E-state index contributed by atoms with van der Waals surface area (Å²) < 4.78 is 7.88. The Balaban J connectivity index is 2.08. The predicted octanol–water partition coefficient (Wildman–Crippen LogP) is 6.50. The van der Waals surface area contributed by atoms with E-state index in [1.54, 1.807) is 0 Å². The summed E-state index contributed by atoms with van der Waals surface area (Å²) in [5.41, 5.74) is 0. The van der Waals surface area contributed by atoms with Crippen molar-refractivity contribution in [3.8, 4) is 0 Å². The van der Waals surface area contributed by atoms with Gasteiger partial charge in [0.1, 0.15) is 26.2 Å². The standard InChI is InChI=1S/C27H49N2O2/c1-4-6-8-10-12-13-15-16-18-20-26-28(3)22-23-29(26)24-25-31-27(30)21-19-17-14-11-9-7-5-2/h5-6,8H,2,4,7,9-25H2,1,3H3/q+1. The molecule has 178 valence electrons. The smallest absolute Gasteiger partial charge is 0.305 e. The molecule has 1 rings (SSSR count). The molecular weight excluding hydrogens is 384 g/mol. The van der Waals surface area contributed by atoms with Crippen molar-refractivity contribution in [2.45, 2.75) is 103 Å². The van der Waals surface area contributed by atoms with E-state index in [-0.39, 0.29) is 5.97 Å². The molecule has 0 bridgehead atoms. The average molecular weight is 434 g/mol. The molecule has 0 amide bonds. The molecule has 0 fully saturated rings. The van der Waals surface area contributed by atoms with Crippen molar-refractivity contribution < 1.29 is 14.1 Å². The maximum atomic E-state index is 12.0. The predicted molar refractivity (Wildman–Crippen MR) is 133 cm³/mol. The fourth-order valence-corrected chi connectivity index (χ4v) is 4.15. The van der Waals surface area contributed by atoms with Gasteiger partial charge in [0.15, 0.2) is 0 Å². The van der Waals surface area contributed by atoms with Crippen molar-refractivity contribution in [1.29, 1.82) is 0 Å². The van der Waals surface area contributed by atoms with E-state index >= 15 is 0 Å². The van der Waals surface area contributed by atoms with Gasteiger partial charge in [0, 0.05) is 12.8 Å². The number of rotatable bonds is 20. The van der Waals surface area contributed by atoms with Gasteiger partial charge in [0.2, 0.25) is 5.84 Å². The second-order valence-electron chi connectivity index (χ2n) is 8.83. The zero-order valence-corrected chi connectivity index (χ0v) is 20.6. The number of carbonyl (C=O) groups is 1. The van der Waals surface area contributed by atoms with Gasteiger partial charge in [0.25, 0.3) is 0 Å². The molecule has 4 heteroatoms. The van der Waals surface area contributed by atoms with E-state index in [0.29, 0.717) is 13.0 Å². The Kier molecular flexibility index (Phi) is 16.9. The highest BCUT2D eigenvalue weighted by Gasteiger charge is 2.27. The van der Waals surface area contributed by atoms with Crippen LogP contribution in [0.5, 0.6) is 0 Å². The largest absolute Gasteiger partial charge is 0.462 e. The molecule has 0 saturated heterocycles. The third-order valence-corrected chi connectivity index (χ3v) is 6.10. The summed E-state index contributed by atoms with van der Waals surface area (Å²) in [6.07, 6.45) is 24.0. The van der Waals surface area contributed by atoms with Crippen LogP contribution in [0.25, 0.3) is 0 Å². The van der Waals surface area contributed by atoms with E-state index in [0.717, 1.165) is 51.7 Å². The fraction of sp³-hybridized carbons (Fsp3) is 0.778. The van der Waals surface area contributed by atoms with E-state index in [1.807, 2.05) is 6.08 Å². The summed E-state index contributed by atoms with van der Waals surface area (Å²) in [5.74, 6) is 1.40. The number of hydrogen-bond donors (Lipinski definition) is 0. The molecule has 1 heterocycles. The molecule has 0 N–H and O–H groups in total. The first-order valence-electron chi connectivity index (χ1n) is 12.9. The van der Waals surface area contributed by atoms with Gasteiger partial charge in [-0.05, 0) is 44.9 Å². The van der Waals surface area contributed by atoms with Crippen LogP contribution in [0.3, 0.4) is 0 Å². The molecule has 0 aromatic rings. The van der Waals surface area contributed by atoms with Gasteiger partial charge in [0.05, 0.1) is 7.05 Å². The van der Waals surface area contributed by atoms with Crippen LogP contribution in [0.4, 0.5) is 0 Å². The number of unbranched alkanes of at least 4 members (excludes halogenated alkanes) is 10.